The minimum Gasteiger partial charge on any atom is -0.342 e. The van der Waals surface area contributed by atoms with E-state index in [9.17, 15) is 4.79 Å². The molecule has 1 amide bonds. The maximum Gasteiger partial charge on any atom is 0.227 e. The van der Waals surface area contributed by atoms with E-state index in [4.69, 9.17) is 11.5 Å². The monoisotopic (exact) mass is 267 g/mol. The third-order valence-corrected chi connectivity index (χ3v) is 5.18. The van der Waals surface area contributed by atoms with Crippen molar-refractivity contribution in [2.75, 3.05) is 13.1 Å². The molecule has 3 unspecified atom stereocenters. The van der Waals surface area contributed by atoms with Crippen molar-refractivity contribution in [3.63, 3.8) is 0 Å². The second-order valence-electron chi connectivity index (χ2n) is 7.45. The summed E-state index contributed by atoms with van der Waals surface area (Å²) in [5.41, 5.74) is 12.2. The summed E-state index contributed by atoms with van der Waals surface area (Å²) in [5.74, 6) is 0.246. The van der Waals surface area contributed by atoms with Crippen molar-refractivity contribution in [1.29, 1.82) is 0 Å². The molecule has 0 aromatic rings. The van der Waals surface area contributed by atoms with Crippen LogP contribution < -0.4 is 11.5 Å². The number of hydrogen-bond acceptors (Lipinski definition) is 3. The number of amides is 1. The Balaban J connectivity index is 2.07. The summed E-state index contributed by atoms with van der Waals surface area (Å²) in [7, 11) is 0. The van der Waals surface area contributed by atoms with Gasteiger partial charge in [-0.3, -0.25) is 4.79 Å². The molecule has 4 heteroatoms. The van der Waals surface area contributed by atoms with Gasteiger partial charge in [0.05, 0.1) is 5.92 Å². The van der Waals surface area contributed by atoms with Gasteiger partial charge < -0.3 is 16.4 Å². The molecule has 4 nitrogen and oxygen atoms in total. The van der Waals surface area contributed by atoms with Crippen LogP contribution in [0.4, 0.5) is 0 Å². The Bertz CT molecular complexity index is 351. The van der Waals surface area contributed by atoms with Gasteiger partial charge in [0.15, 0.2) is 0 Å². The van der Waals surface area contributed by atoms with Gasteiger partial charge in [-0.05, 0) is 31.6 Å². The van der Waals surface area contributed by atoms with Gasteiger partial charge in [-0.2, -0.15) is 0 Å². The number of likely N-dealkylation sites (tertiary alicyclic amines) is 1. The molecule has 0 aromatic carbocycles. The average Bonchev–Trinajstić information content (AvgIpc) is 2.31. The number of hydrogen-bond donors (Lipinski definition) is 2. The highest BCUT2D eigenvalue weighted by atomic mass is 16.2. The molecule has 1 saturated heterocycles. The van der Waals surface area contributed by atoms with Crippen LogP contribution >= 0.6 is 0 Å². The van der Waals surface area contributed by atoms with Crippen LogP contribution in [0.15, 0.2) is 0 Å². The zero-order chi connectivity index (χ0) is 14.3. The SMILES string of the molecule is CC1(C)CN(C(=O)C2CCCCC2(C)N)CCC1N. The van der Waals surface area contributed by atoms with Crippen molar-refractivity contribution >= 4 is 5.91 Å². The van der Waals surface area contributed by atoms with E-state index in [1.165, 1.54) is 0 Å². The Morgan fingerprint density at radius 3 is 2.47 bits per heavy atom. The number of rotatable bonds is 1. The molecule has 1 heterocycles. The van der Waals surface area contributed by atoms with Crippen molar-refractivity contribution < 1.29 is 4.79 Å². The highest BCUT2D eigenvalue weighted by Crippen LogP contribution is 2.35. The molecule has 0 spiro atoms. The summed E-state index contributed by atoms with van der Waals surface area (Å²) in [5, 5.41) is 0. The lowest BCUT2D eigenvalue weighted by atomic mass is 9.73. The van der Waals surface area contributed by atoms with Gasteiger partial charge in [-0.1, -0.05) is 26.7 Å². The molecule has 4 N–H and O–H groups in total. The number of carbonyl (C=O) groups is 1. The Hall–Kier alpha value is -0.610. The highest BCUT2D eigenvalue weighted by Gasteiger charge is 2.43. The third-order valence-electron chi connectivity index (χ3n) is 5.18. The van der Waals surface area contributed by atoms with E-state index < -0.39 is 0 Å². The number of piperidine rings is 1. The quantitative estimate of drug-likeness (QED) is 0.756. The summed E-state index contributed by atoms with van der Waals surface area (Å²) in [6.45, 7) is 7.89. The fraction of sp³-hybridized carbons (Fsp3) is 0.933. The van der Waals surface area contributed by atoms with Crippen LogP contribution in [0.2, 0.25) is 0 Å². The summed E-state index contributed by atoms with van der Waals surface area (Å²) in [6, 6.07) is 0.187. The van der Waals surface area contributed by atoms with Crippen molar-refractivity contribution in [3.8, 4) is 0 Å². The molecule has 1 saturated carbocycles. The largest absolute Gasteiger partial charge is 0.342 e. The van der Waals surface area contributed by atoms with Crippen molar-refractivity contribution in [2.24, 2.45) is 22.8 Å². The lowest BCUT2D eigenvalue weighted by molar-refractivity contribution is -0.142. The molecular formula is C15H29N3O. The molecule has 3 atom stereocenters. The number of nitrogens with zero attached hydrogens (tertiary/aromatic N) is 1. The van der Waals surface area contributed by atoms with E-state index >= 15 is 0 Å². The maximum atomic E-state index is 12.8. The first-order valence-electron chi connectivity index (χ1n) is 7.57. The van der Waals surface area contributed by atoms with E-state index in [0.717, 1.165) is 45.2 Å². The van der Waals surface area contributed by atoms with Gasteiger partial charge in [0.2, 0.25) is 5.91 Å². The van der Waals surface area contributed by atoms with Crippen molar-refractivity contribution in [3.05, 3.63) is 0 Å². The molecule has 0 bridgehead atoms. The Morgan fingerprint density at radius 1 is 1.21 bits per heavy atom. The van der Waals surface area contributed by atoms with Crippen LogP contribution in [-0.4, -0.2) is 35.5 Å². The Morgan fingerprint density at radius 2 is 1.89 bits per heavy atom. The normalized spacial score (nSPS) is 39.1. The van der Waals surface area contributed by atoms with E-state index in [1.807, 2.05) is 11.8 Å². The first-order valence-corrected chi connectivity index (χ1v) is 7.57. The second kappa shape index (κ2) is 5.06. The molecule has 2 aliphatic rings. The zero-order valence-corrected chi connectivity index (χ0v) is 12.6. The third kappa shape index (κ3) is 2.95. The highest BCUT2D eigenvalue weighted by molar-refractivity contribution is 5.80. The van der Waals surface area contributed by atoms with E-state index in [-0.39, 0.29) is 28.8 Å². The molecule has 1 aliphatic heterocycles. The van der Waals surface area contributed by atoms with Gasteiger partial charge in [0, 0.05) is 24.7 Å². The minimum atomic E-state index is -0.334. The molecule has 110 valence electrons. The summed E-state index contributed by atoms with van der Waals surface area (Å²) in [6.07, 6.45) is 5.06. The van der Waals surface area contributed by atoms with E-state index in [2.05, 4.69) is 13.8 Å². The Labute approximate surface area is 116 Å². The minimum absolute atomic E-state index is 0.00752. The zero-order valence-electron chi connectivity index (χ0n) is 12.6. The van der Waals surface area contributed by atoms with Crippen LogP contribution in [0.25, 0.3) is 0 Å². The molecular weight excluding hydrogens is 238 g/mol. The molecule has 0 aromatic heterocycles. The van der Waals surface area contributed by atoms with Gasteiger partial charge in [-0.15, -0.1) is 0 Å². The molecule has 2 fully saturated rings. The summed E-state index contributed by atoms with van der Waals surface area (Å²) < 4.78 is 0. The fourth-order valence-electron chi connectivity index (χ4n) is 3.55. The first kappa shape index (κ1) is 14.8. The van der Waals surface area contributed by atoms with Crippen molar-refractivity contribution in [1.82, 2.24) is 4.90 Å². The van der Waals surface area contributed by atoms with E-state index in [0.29, 0.717) is 0 Å². The molecule has 1 aliphatic carbocycles. The van der Waals surface area contributed by atoms with E-state index in [1.54, 1.807) is 0 Å². The van der Waals surface area contributed by atoms with Crippen LogP contribution in [0, 0.1) is 11.3 Å². The second-order valence-corrected chi connectivity index (χ2v) is 7.45. The molecule has 19 heavy (non-hydrogen) atoms. The number of carbonyl (C=O) groups excluding carboxylic acids is 1. The van der Waals surface area contributed by atoms with Gasteiger partial charge >= 0.3 is 0 Å². The van der Waals surface area contributed by atoms with Crippen LogP contribution in [0.1, 0.15) is 52.9 Å². The lowest BCUT2D eigenvalue weighted by Crippen LogP contribution is -2.59. The van der Waals surface area contributed by atoms with Crippen LogP contribution in [0.5, 0.6) is 0 Å². The lowest BCUT2D eigenvalue weighted by Gasteiger charge is -2.46. The van der Waals surface area contributed by atoms with Gasteiger partial charge in [0.1, 0.15) is 0 Å². The van der Waals surface area contributed by atoms with Gasteiger partial charge in [-0.25, -0.2) is 0 Å². The summed E-state index contributed by atoms with van der Waals surface area (Å²) in [4.78, 5) is 14.8. The van der Waals surface area contributed by atoms with Crippen molar-refractivity contribution in [2.45, 2.75) is 64.5 Å². The molecule has 2 rings (SSSR count). The van der Waals surface area contributed by atoms with Crippen LogP contribution in [0.3, 0.4) is 0 Å². The average molecular weight is 267 g/mol. The van der Waals surface area contributed by atoms with Crippen LogP contribution in [-0.2, 0) is 4.79 Å². The number of nitrogens with two attached hydrogens (primary N) is 2. The fourth-order valence-corrected chi connectivity index (χ4v) is 3.55. The predicted molar refractivity (Wildman–Crippen MR) is 77.5 cm³/mol. The first-order chi connectivity index (χ1) is 8.74. The standard InChI is InChI=1S/C15H29N3O/c1-14(2)10-18(9-7-12(14)16)13(19)11-6-4-5-8-15(11,3)17/h11-12H,4-10,16-17H2,1-3H3. The van der Waals surface area contributed by atoms with Gasteiger partial charge in [0.25, 0.3) is 0 Å². The topological polar surface area (TPSA) is 72.3 Å². The Kier molecular flexibility index (Phi) is 3.94. The smallest absolute Gasteiger partial charge is 0.227 e. The summed E-state index contributed by atoms with van der Waals surface area (Å²) >= 11 is 0. The predicted octanol–water partition coefficient (Wildman–Crippen LogP) is 1.48. The molecule has 0 radical (unpaired) electrons. The maximum absolute atomic E-state index is 12.8.